The first-order valence-corrected chi connectivity index (χ1v) is 7.08. The van der Waals surface area contributed by atoms with Gasteiger partial charge in [0, 0.05) is 22.7 Å². The van der Waals surface area contributed by atoms with Crippen molar-refractivity contribution in [2.45, 2.75) is 0 Å². The summed E-state index contributed by atoms with van der Waals surface area (Å²) in [5.41, 5.74) is 1.01. The summed E-state index contributed by atoms with van der Waals surface area (Å²) in [4.78, 5) is 12.1. The zero-order valence-electron chi connectivity index (χ0n) is 13.0. The summed E-state index contributed by atoms with van der Waals surface area (Å²) in [5.74, 6) is 6.63. The zero-order valence-corrected chi connectivity index (χ0v) is 13.7. The summed E-state index contributed by atoms with van der Waals surface area (Å²) in [5, 5.41) is 0.566. The molecule has 0 aliphatic rings. The Balaban J connectivity index is 2.36. The van der Waals surface area contributed by atoms with Gasteiger partial charge in [0.1, 0.15) is 5.75 Å². The van der Waals surface area contributed by atoms with Crippen molar-refractivity contribution in [2.75, 3.05) is 21.3 Å². The number of benzene rings is 2. The van der Waals surface area contributed by atoms with E-state index in [0.29, 0.717) is 33.4 Å². The highest BCUT2D eigenvalue weighted by atomic mass is 35.5. The third-order valence-corrected chi connectivity index (χ3v) is 3.37. The van der Waals surface area contributed by atoms with Gasteiger partial charge in [-0.25, -0.2) is 0 Å². The third-order valence-electron chi connectivity index (χ3n) is 3.12. The van der Waals surface area contributed by atoms with Crippen molar-refractivity contribution in [1.29, 1.82) is 0 Å². The first-order chi connectivity index (χ1) is 11.1. The van der Waals surface area contributed by atoms with Gasteiger partial charge in [-0.2, -0.15) is 0 Å². The predicted octanol–water partition coefficient (Wildman–Crippen LogP) is 3.60. The maximum absolute atomic E-state index is 12.1. The highest BCUT2D eigenvalue weighted by Crippen LogP contribution is 2.34. The molecule has 0 radical (unpaired) electrons. The summed E-state index contributed by atoms with van der Waals surface area (Å²) in [6, 6.07) is 9.88. The van der Waals surface area contributed by atoms with Crippen LogP contribution in [0.4, 0.5) is 0 Å². The average molecular weight is 331 g/mol. The summed E-state index contributed by atoms with van der Waals surface area (Å²) in [6.07, 6.45) is 0. The van der Waals surface area contributed by atoms with Crippen LogP contribution in [0.2, 0.25) is 5.02 Å². The quantitative estimate of drug-likeness (QED) is 0.634. The molecule has 0 aromatic heterocycles. The molecule has 0 unspecified atom stereocenters. The lowest BCUT2D eigenvalue weighted by Gasteiger charge is -2.11. The minimum absolute atomic E-state index is 0.307. The second kappa shape index (κ2) is 7.57. The van der Waals surface area contributed by atoms with Gasteiger partial charge in [0.25, 0.3) is 0 Å². The number of rotatable bonds is 4. The van der Waals surface area contributed by atoms with Gasteiger partial charge in [0.15, 0.2) is 11.5 Å². The maximum atomic E-state index is 12.1. The van der Waals surface area contributed by atoms with Gasteiger partial charge >= 0.3 is 0 Å². The summed E-state index contributed by atoms with van der Waals surface area (Å²) >= 11 is 5.80. The van der Waals surface area contributed by atoms with Crippen LogP contribution in [0.3, 0.4) is 0 Å². The van der Waals surface area contributed by atoms with Gasteiger partial charge in [-0.05, 0) is 30.2 Å². The largest absolute Gasteiger partial charge is 0.495 e. The molecular formula is C18H15ClO4. The number of Topliss-reactive ketones (excluding diaryl/α,β-unsaturated/α-hetero) is 1. The van der Waals surface area contributed by atoms with Crippen LogP contribution in [0.15, 0.2) is 36.4 Å². The van der Waals surface area contributed by atoms with E-state index in [0.717, 1.165) is 0 Å². The van der Waals surface area contributed by atoms with E-state index in [1.807, 2.05) is 0 Å². The number of ether oxygens (including phenoxy) is 3. The van der Waals surface area contributed by atoms with Crippen molar-refractivity contribution >= 4 is 17.4 Å². The molecule has 0 saturated carbocycles. The van der Waals surface area contributed by atoms with E-state index in [1.165, 1.54) is 21.3 Å². The molecule has 0 spiro atoms. The lowest BCUT2D eigenvalue weighted by Crippen LogP contribution is -1.97. The van der Waals surface area contributed by atoms with Crippen LogP contribution in [-0.2, 0) is 0 Å². The van der Waals surface area contributed by atoms with Crippen LogP contribution in [0.1, 0.15) is 15.9 Å². The normalized spacial score (nSPS) is 9.57. The molecular weight excluding hydrogens is 316 g/mol. The van der Waals surface area contributed by atoms with E-state index in [1.54, 1.807) is 36.4 Å². The third kappa shape index (κ3) is 3.97. The Bertz CT molecular complexity index is 770. The Morgan fingerprint density at radius 2 is 1.48 bits per heavy atom. The van der Waals surface area contributed by atoms with Crippen LogP contribution in [0.25, 0.3) is 0 Å². The molecule has 0 N–H and O–H groups in total. The standard InChI is InChI=1S/C18H15ClO4/c1-21-16-11-18(23-3)17(22-2)10-13(16)6-9-15(20)12-4-7-14(19)8-5-12/h4-5,7-8,10-11H,1-3H3. The molecule has 0 saturated heterocycles. The number of hydrogen-bond acceptors (Lipinski definition) is 4. The first-order valence-electron chi connectivity index (χ1n) is 6.71. The van der Waals surface area contributed by atoms with Gasteiger partial charge in [0.2, 0.25) is 5.78 Å². The highest BCUT2D eigenvalue weighted by Gasteiger charge is 2.10. The van der Waals surface area contributed by atoms with Crippen LogP contribution in [-0.4, -0.2) is 27.1 Å². The average Bonchev–Trinajstić information content (AvgIpc) is 2.59. The minimum Gasteiger partial charge on any atom is -0.495 e. The second-order valence-corrected chi connectivity index (χ2v) is 4.93. The molecule has 0 amide bonds. The Hall–Kier alpha value is -2.64. The van der Waals surface area contributed by atoms with Gasteiger partial charge in [-0.1, -0.05) is 17.5 Å². The van der Waals surface area contributed by atoms with Crippen molar-refractivity contribution in [3.8, 4) is 29.1 Å². The monoisotopic (exact) mass is 330 g/mol. The fourth-order valence-electron chi connectivity index (χ4n) is 1.92. The molecule has 4 nitrogen and oxygen atoms in total. The van der Waals surface area contributed by atoms with E-state index in [-0.39, 0.29) is 5.78 Å². The van der Waals surface area contributed by atoms with E-state index in [4.69, 9.17) is 25.8 Å². The van der Waals surface area contributed by atoms with Crippen molar-refractivity contribution in [3.05, 3.63) is 52.5 Å². The number of carbonyl (C=O) groups excluding carboxylic acids is 1. The topological polar surface area (TPSA) is 44.8 Å². The van der Waals surface area contributed by atoms with E-state index in [2.05, 4.69) is 11.8 Å². The number of methoxy groups -OCH3 is 3. The number of hydrogen-bond donors (Lipinski definition) is 0. The molecule has 2 rings (SSSR count). The lowest BCUT2D eigenvalue weighted by atomic mass is 10.1. The van der Waals surface area contributed by atoms with Crippen molar-refractivity contribution in [1.82, 2.24) is 0 Å². The van der Waals surface area contributed by atoms with Gasteiger partial charge in [0.05, 0.1) is 26.9 Å². The molecule has 2 aromatic carbocycles. The number of halogens is 1. The van der Waals surface area contributed by atoms with E-state index >= 15 is 0 Å². The smallest absolute Gasteiger partial charge is 0.236 e. The SMILES string of the molecule is COc1cc(OC)c(OC)cc1C#CC(=O)c1ccc(Cl)cc1. The summed E-state index contributed by atoms with van der Waals surface area (Å²) < 4.78 is 15.7. The number of carbonyl (C=O) groups is 1. The molecule has 0 aliphatic heterocycles. The van der Waals surface area contributed by atoms with Gasteiger partial charge < -0.3 is 14.2 Å². The molecule has 5 heteroatoms. The predicted molar refractivity (Wildman–Crippen MR) is 88.8 cm³/mol. The summed E-state index contributed by atoms with van der Waals surface area (Å²) in [6.45, 7) is 0. The van der Waals surface area contributed by atoms with Gasteiger partial charge in [-0.3, -0.25) is 4.79 Å². The van der Waals surface area contributed by atoms with Crippen LogP contribution in [0, 0.1) is 11.8 Å². The molecule has 0 atom stereocenters. The Labute approximate surface area is 139 Å². The zero-order chi connectivity index (χ0) is 16.8. The molecule has 0 bridgehead atoms. The van der Waals surface area contributed by atoms with Crippen LogP contribution < -0.4 is 14.2 Å². The first kappa shape index (κ1) is 16.7. The summed E-state index contributed by atoms with van der Waals surface area (Å²) in [7, 11) is 4.58. The second-order valence-electron chi connectivity index (χ2n) is 4.49. The van der Waals surface area contributed by atoms with Crippen molar-refractivity contribution in [3.63, 3.8) is 0 Å². The maximum Gasteiger partial charge on any atom is 0.236 e. The van der Waals surface area contributed by atoms with E-state index in [9.17, 15) is 4.79 Å². The van der Waals surface area contributed by atoms with Gasteiger partial charge in [-0.15, -0.1) is 0 Å². The molecule has 0 heterocycles. The lowest BCUT2D eigenvalue weighted by molar-refractivity contribution is 0.105. The molecule has 2 aromatic rings. The minimum atomic E-state index is -0.307. The molecule has 0 aliphatic carbocycles. The number of ketones is 1. The Morgan fingerprint density at radius 1 is 0.913 bits per heavy atom. The van der Waals surface area contributed by atoms with Crippen molar-refractivity contribution in [2.24, 2.45) is 0 Å². The fraction of sp³-hybridized carbons (Fsp3) is 0.167. The highest BCUT2D eigenvalue weighted by molar-refractivity contribution is 6.30. The molecule has 118 valence electrons. The Morgan fingerprint density at radius 3 is 2.04 bits per heavy atom. The van der Waals surface area contributed by atoms with Crippen molar-refractivity contribution < 1.29 is 19.0 Å². The molecule has 23 heavy (non-hydrogen) atoms. The molecule has 0 fully saturated rings. The van der Waals surface area contributed by atoms with Crippen LogP contribution in [0.5, 0.6) is 17.2 Å². The fourth-order valence-corrected chi connectivity index (χ4v) is 2.05. The Kier molecular flexibility index (Phi) is 5.51. The van der Waals surface area contributed by atoms with Crippen LogP contribution >= 0.6 is 11.6 Å². The van der Waals surface area contributed by atoms with E-state index < -0.39 is 0 Å².